The van der Waals surface area contributed by atoms with Gasteiger partial charge in [-0.15, -0.1) is 0 Å². The van der Waals surface area contributed by atoms with E-state index in [1.807, 2.05) is 12.1 Å². The van der Waals surface area contributed by atoms with Crippen molar-refractivity contribution in [3.05, 3.63) is 41.2 Å². The van der Waals surface area contributed by atoms with Crippen molar-refractivity contribution < 1.29 is 4.39 Å². The van der Waals surface area contributed by atoms with Crippen LogP contribution in [-0.2, 0) is 0 Å². The normalized spacial score (nSPS) is 19.8. The van der Waals surface area contributed by atoms with Crippen molar-refractivity contribution in [1.29, 1.82) is 5.26 Å². The van der Waals surface area contributed by atoms with Crippen LogP contribution in [0, 0.1) is 23.1 Å². The number of allylic oxidation sites excluding steroid dienone is 2. The highest BCUT2D eigenvalue weighted by Gasteiger charge is 2.14. The maximum absolute atomic E-state index is 13.4. The first-order valence-corrected chi connectivity index (χ1v) is 5.11. The van der Waals surface area contributed by atoms with Crippen LogP contribution in [0.25, 0.3) is 5.57 Å². The molecule has 1 aliphatic rings. The summed E-state index contributed by atoms with van der Waals surface area (Å²) >= 11 is 0. The van der Waals surface area contributed by atoms with Crippen LogP contribution in [-0.4, -0.2) is 0 Å². The predicted octanol–water partition coefficient (Wildman–Crippen LogP) is 3.51. The number of hydrogen-bond donors (Lipinski definition) is 0. The third-order valence-electron chi connectivity index (χ3n) is 2.82. The average Bonchev–Trinajstić information content (AvgIpc) is 2.65. The average molecular weight is 201 g/mol. The quantitative estimate of drug-likeness (QED) is 0.682. The Balaban J connectivity index is 2.36. The molecule has 0 amide bonds. The van der Waals surface area contributed by atoms with Gasteiger partial charge in [0, 0.05) is 0 Å². The van der Waals surface area contributed by atoms with Crippen LogP contribution >= 0.6 is 0 Å². The van der Waals surface area contributed by atoms with E-state index in [0.717, 1.165) is 18.4 Å². The summed E-state index contributed by atoms with van der Waals surface area (Å²) in [6, 6.07) is 6.66. The van der Waals surface area contributed by atoms with E-state index in [9.17, 15) is 4.39 Å². The molecule has 0 aromatic heterocycles. The molecule has 1 aliphatic carbocycles. The van der Waals surface area contributed by atoms with Gasteiger partial charge in [-0.1, -0.05) is 19.1 Å². The first kappa shape index (κ1) is 9.92. The maximum Gasteiger partial charge on any atom is 0.141 e. The third kappa shape index (κ3) is 1.92. The Morgan fingerprint density at radius 2 is 2.27 bits per heavy atom. The van der Waals surface area contributed by atoms with Crippen molar-refractivity contribution in [2.45, 2.75) is 19.8 Å². The highest BCUT2D eigenvalue weighted by atomic mass is 19.1. The van der Waals surface area contributed by atoms with Crippen LogP contribution in [0.1, 0.15) is 30.9 Å². The minimum atomic E-state index is -0.421. The van der Waals surface area contributed by atoms with E-state index in [-0.39, 0.29) is 5.56 Å². The number of benzene rings is 1. The van der Waals surface area contributed by atoms with E-state index in [1.165, 1.54) is 11.6 Å². The number of halogens is 1. The molecule has 2 rings (SSSR count). The molecule has 1 nitrogen and oxygen atoms in total. The van der Waals surface area contributed by atoms with Gasteiger partial charge in [-0.25, -0.2) is 4.39 Å². The fourth-order valence-electron chi connectivity index (χ4n) is 1.94. The SMILES string of the molecule is CC1C=C(c2ccc(C#N)c(F)c2)CC1. The van der Waals surface area contributed by atoms with Gasteiger partial charge in [0.05, 0.1) is 5.56 Å². The zero-order valence-corrected chi connectivity index (χ0v) is 8.63. The summed E-state index contributed by atoms with van der Waals surface area (Å²) in [5.41, 5.74) is 2.23. The fourth-order valence-corrected chi connectivity index (χ4v) is 1.94. The monoisotopic (exact) mass is 201 g/mol. The predicted molar refractivity (Wildman–Crippen MR) is 57.5 cm³/mol. The van der Waals surface area contributed by atoms with Crippen molar-refractivity contribution in [1.82, 2.24) is 0 Å². The summed E-state index contributed by atoms with van der Waals surface area (Å²) < 4.78 is 13.4. The van der Waals surface area contributed by atoms with Crippen molar-refractivity contribution in [3.63, 3.8) is 0 Å². The summed E-state index contributed by atoms with van der Waals surface area (Å²) in [6.45, 7) is 2.16. The molecule has 0 aliphatic heterocycles. The molecule has 0 radical (unpaired) electrons. The topological polar surface area (TPSA) is 23.8 Å². The molecule has 0 N–H and O–H groups in total. The van der Waals surface area contributed by atoms with Crippen molar-refractivity contribution >= 4 is 5.57 Å². The molecule has 0 spiro atoms. The highest BCUT2D eigenvalue weighted by molar-refractivity contribution is 5.68. The first-order chi connectivity index (χ1) is 7.20. The van der Waals surface area contributed by atoms with Gasteiger partial charge in [-0.2, -0.15) is 5.26 Å². The molecule has 0 bridgehead atoms. The Labute approximate surface area is 88.8 Å². The third-order valence-corrected chi connectivity index (χ3v) is 2.82. The number of hydrogen-bond acceptors (Lipinski definition) is 1. The minimum Gasteiger partial charge on any atom is -0.206 e. The molecule has 76 valence electrons. The summed E-state index contributed by atoms with van der Waals surface area (Å²) in [7, 11) is 0. The highest BCUT2D eigenvalue weighted by Crippen LogP contribution is 2.31. The van der Waals surface area contributed by atoms with E-state index in [0.29, 0.717) is 5.92 Å². The Morgan fingerprint density at radius 1 is 1.47 bits per heavy atom. The zero-order chi connectivity index (χ0) is 10.8. The number of nitriles is 1. The first-order valence-electron chi connectivity index (χ1n) is 5.11. The summed E-state index contributed by atoms with van der Waals surface area (Å²) in [6.07, 6.45) is 4.32. The Morgan fingerprint density at radius 3 is 2.80 bits per heavy atom. The van der Waals surface area contributed by atoms with Gasteiger partial charge in [-0.05, 0) is 42.0 Å². The molecule has 0 heterocycles. The van der Waals surface area contributed by atoms with Crippen molar-refractivity contribution in [2.24, 2.45) is 5.92 Å². The van der Waals surface area contributed by atoms with Crippen LogP contribution < -0.4 is 0 Å². The van der Waals surface area contributed by atoms with Crippen LogP contribution in [0.4, 0.5) is 4.39 Å². The van der Waals surface area contributed by atoms with Crippen LogP contribution in [0.15, 0.2) is 24.3 Å². The molecule has 1 unspecified atom stereocenters. The van der Waals surface area contributed by atoms with E-state index in [1.54, 1.807) is 6.07 Å². The van der Waals surface area contributed by atoms with Gasteiger partial charge in [0.1, 0.15) is 11.9 Å². The van der Waals surface area contributed by atoms with E-state index in [2.05, 4.69) is 13.0 Å². The van der Waals surface area contributed by atoms with Crippen LogP contribution in [0.5, 0.6) is 0 Å². The van der Waals surface area contributed by atoms with Crippen molar-refractivity contribution in [3.8, 4) is 6.07 Å². The van der Waals surface area contributed by atoms with E-state index < -0.39 is 5.82 Å². The lowest BCUT2D eigenvalue weighted by atomic mass is 10.0. The molecule has 0 saturated carbocycles. The van der Waals surface area contributed by atoms with Crippen LogP contribution in [0.3, 0.4) is 0 Å². The largest absolute Gasteiger partial charge is 0.206 e. The van der Waals surface area contributed by atoms with E-state index in [4.69, 9.17) is 5.26 Å². The molecular weight excluding hydrogens is 189 g/mol. The molecule has 15 heavy (non-hydrogen) atoms. The summed E-state index contributed by atoms with van der Waals surface area (Å²) in [5, 5.41) is 8.61. The second kappa shape index (κ2) is 3.86. The molecule has 1 aromatic rings. The van der Waals surface area contributed by atoms with Crippen LogP contribution in [0.2, 0.25) is 0 Å². The summed E-state index contributed by atoms with van der Waals surface area (Å²) in [4.78, 5) is 0. The standard InChI is InChI=1S/C13H12FN/c1-9-2-3-10(6-9)11-4-5-12(8-15)13(14)7-11/h4-7,9H,2-3H2,1H3. The lowest BCUT2D eigenvalue weighted by molar-refractivity contribution is 0.623. The van der Waals surface area contributed by atoms with Gasteiger partial charge < -0.3 is 0 Å². The Bertz CT molecular complexity index is 454. The zero-order valence-electron chi connectivity index (χ0n) is 8.63. The van der Waals surface area contributed by atoms with Gasteiger partial charge >= 0.3 is 0 Å². The summed E-state index contributed by atoms with van der Waals surface area (Å²) in [5.74, 6) is 0.161. The Hall–Kier alpha value is -1.62. The van der Waals surface area contributed by atoms with Crippen molar-refractivity contribution in [2.75, 3.05) is 0 Å². The Kier molecular flexibility index (Phi) is 2.55. The number of nitrogens with zero attached hydrogens (tertiary/aromatic N) is 1. The van der Waals surface area contributed by atoms with E-state index >= 15 is 0 Å². The smallest absolute Gasteiger partial charge is 0.141 e. The molecular formula is C13H12FN. The molecule has 0 fully saturated rings. The van der Waals surface area contributed by atoms with Gasteiger partial charge in [0.15, 0.2) is 0 Å². The molecule has 0 saturated heterocycles. The lowest BCUT2D eigenvalue weighted by Gasteiger charge is -2.02. The molecule has 1 atom stereocenters. The van der Waals surface area contributed by atoms with Gasteiger partial charge in [0.2, 0.25) is 0 Å². The second-order valence-electron chi connectivity index (χ2n) is 4.01. The maximum atomic E-state index is 13.4. The number of rotatable bonds is 1. The van der Waals surface area contributed by atoms with Gasteiger partial charge in [-0.3, -0.25) is 0 Å². The lowest BCUT2D eigenvalue weighted by Crippen LogP contribution is -1.87. The molecule has 1 aromatic carbocycles. The van der Waals surface area contributed by atoms with Gasteiger partial charge in [0.25, 0.3) is 0 Å². The fraction of sp³-hybridized carbons (Fsp3) is 0.308. The second-order valence-corrected chi connectivity index (χ2v) is 4.01. The molecule has 2 heteroatoms. The minimum absolute atomic E-state index is 0.116.